The number of hydrogen-bond acceptors (Lipinski definition) is 3. The number of carbonyl (C=O) groups is 1. The predicted molar refractivity (Wildman–Crippen MR) is 66.7 cm³/mol. The SMILES string of the molecule is Cn1ccc(C(=O)c2ccc(OC3CC3)cc2)n1. The third-order valence-corrected chi connectivity index (χ3v) is 2.89. The second-order valence-corrected chi connectivity index (χ2v) is 4.55. The lowest BCUT2D eigenvalue weighted by Crippen LogP contribution is -2.03. The highest BCUT2D eigenvalue weighted by Crippen LogP contribution is 2.26. The molecule has 4 nitrogen and oxygen atoms in total. The molecule has 1 heterocycles. The largest absolute Gasteiger partial charge is 0.490 e. The number of nitrogens with zero attached hydrogens (tertiary/aromatic N) is 2. The molecule has 1 aliphatic rings. The van der Waals surface area contributed by atoms with Gasteiger partial charge in [-0.1, -0.05) is 0 Å². The molecule has 0 radical (unpaired) electrons. The van der Waals surface area contributed by atoms with Crippen LogP contribution in [0.3, 0.4) is 0 Å². The van der Waals surface area contributed by atoms with Gasteiger partial charge in [-0.15, -0.1) is 0 Å². The van der Waals surface area contributed by atoms with Crippen molar-refractivity contribution in [2.45, 2.75) is 18.9 Å². The zero-order chi connectivity index (χ0) is 12.5. The summed E-state index contributed by atoms with van der Waals surface area (Å²) in [5.41, 5.74) is 1.10. The number of hydrogen-bond donors (Lipinski definition) is 0. The molecule has 18 heavy (non-hydrogen) atoms. The van der Waals surface area contributed by atoms with Crippen molar-refractivity contribution in [3.63, 3.8) is 0 Å². The molecule has 0 aliphatic heterocycles. The standard InChI is InChI=1S/C14H14N2O2/c1-16-9-8-13(15-16)14(17)10-2-4-11(5-3-10)18-12-6-7-12/h2-5,8-9,12H,6-7H2,1H3. The molecule has 1 aliphatic carbocycles. The average molecular weight is 242 g/mol. The van der Waals surface area contributed by atoms with Crippen LogP contribution in [0.5, 0.6) is 5.75 Å². The molecule has 1 aromatic carbocycles. The lowest BCUT2D eigenvalue weighted by atomic mass is 10.1. The van der Waals surface area contributed by atoms with Crippen LogP contribution >= 0.6 is 0 Å². The summed E-state index contributed by atoms with van der Waals surface area (Å²) in [6.45, 7) is 0. The van der Waals surface area contributed by atoms with Crippen molar-refractivity contribution in [3.05, 3.63) is 47.8 Å². The van der Waals surface area contributed by atoms with Crippen molar-refractivity contribution in [2.75, 3.05) is 0 Å². The van der Waals surface area contributed by atoms with Crippen molar-refractivity contribution < 1.29 is 9.53 Å². The van der Waals surface area contributed by atoms with Gasteiger partial charge in [-0.3, -0.25) is 9.48 Å². The molecule has 4 heteroatoms. The Kier molecular flexibility index (Phi) is 2.63. The molecule has 1 aromatic heterocycles. The molecule has 0 spiro atoms. The normalized spacial score (nSPS) is 14.5. The van der Waals surface area contributed by atoms with Crippen LogP contribution < -0.4 is 4.74 Å². The summed E-state index contributed by atoms with van der Waals surface area (Å²) in [4.78, 5) is 12.1. The van der Waals surface area contributed by atoms with Crippen LogP contribution in [-0.4, -0.2) is 21.7 Å². The van der Waals surface area contributed by atoms with Crippen LogP contribution in [0.1, 0.15) is 28.9 Å². The second kappa shape index (κ2) is 4.29. The molecule has 0 atom stereocenters. The average Bonchev–Trinajstić information content (AvgIpc) is 3.09. The first-order valence-electron chi connectivity index (χ1n) is 6.03. The monoisotopic (exact) mass is 242 g/mol. The van der Waals surface area contributed by atoms with Crippen molar-refractivity contribution in [2.24, 2.45) is 7.05 Å². The summed E-state index contributed by atoms with van der Waals surface area (Å²) in [7, 11) is 1.79. The molecule has 1 fully saturated rings. The molecular weight excluding hydrogens is 228 g/mol. The molecule has 92 valence electrons. The van der Waals surface area contributed by atoms with Crippen molar-refractivity contribution in [1.29, 1.82) is 0 Å². The summed E-state index contributed by atoms with van der Waals surface area (Å²) in [5.74, 6) is 0.767. The Morgan fingerprint density at radius 3 is 2.56 bits per heavy atom. The van der Waals surface area contributed by atoms with Crippen LogP contribution in [0.25, 0.3) is 0 Å². The van der Waals surface area contributed by atoms with Gasteiger partial charge in [0.05, 0.1) is 6.10 Å². The molecule has 0 amide bonds. The number of benzene rings is 1. The number of ether oxygens (including phenoxy) is 1. The van der Waals surface area contributed by atoms with Crippen LogP contribution in [0.4, 0.5) is 0 Å². The second-order valence-electron chi connectivity index (χ2n) is 4.55. The lowest BCUT2D eigenvalue weighted by molar-refractivity contribution is 0.103. The van der Waals surface area contributed by atoms with E-state index in [-0.39, 0.29) is 5.78 Å². The topological polar surface area (TPSA) is 44.1 Å². The Morgan fingerprint density at radius 2 is 2.00 bits per heavy atom. The zero-order valence-corrected chi connectivity index (χ0v) is 10.2. The summed E-state index contributed by atoms with van der Waals surface area (Å²) in [6.07, 6.45) is 4.41. The fourth-order valence-corrected chi connectivity index (χ4v) is 1.75. The highest BCUT2D eigenvalue weighted by molar-refractivity contribution is 6.07. The first-order valence-corrected chi connectivity index (χ1v) is 6.03. The Balaban J connectivity index is 1.77. The van der Waals surface area contributed by atoms with Crippen LogP contribution in [0.2, 0.25) is 0 Å². The van der Waals surface area contributed by atoms with Gasteiger partial charge in [0.25, 0.3) is 0 Å². The highest BCUT2D eigenvalue weighted by atomic mass is 16.5. The minimum Gasteiger partial charge on any atom is -0.490 e. The minimum absolute atomic E-state index is 0.0615. The maximum atomic E-state index is 12.1. The maximum absolute atomic E-state index is 12.1. The summed E-state index contributed by atoms with van der Waals surface area (Å²) in [6, 6.07) is 8.98. The van der Waals surface area contributed by atoms with Gasteiger partial charge < -0.3 is 4.74 Å². The van der Waals surface area contributed by atoms with E-state index in [0.717, 1.165) is 18.6 Å². The van der Waals surface area contributed by atoms with Crippen LogP contribution in [0.15, 0.2) is 36.5 Å². The van der Waals surface area contributed by atoms with Gasteiger partial charge in [0.1, 0.15) is 11.4 Å². The summed E-state index contributed by atoms with van der Waals surface area (Å²) in [5, 5.41) is 4.10. The van der Waals surface area contributed by atoms with E-state index in [1.165, 1.54) is 0 Å². The molecule has 3 rings (SSSR count). The molecule has 0 saturated heterocycles. The molecule has 0 unspecified atom stereocenters. The molecular formula is C14H14N2O2. The number of aryl methyl sites for hydroxylation is 1. The van der Waals surface area contributed by atoms with Gasteiger partial charge in [-0.2, -0.15) is 5.10 Å². The number of carbonyl (C=O) groups excluding carboxylic acids is 1. The van der Waals surface area contributed by atoms with E-state index in [9.17, 15) is 4.79 Å². The van der Waals surface area contributed by atoms with Gasteiger partial charge in [-0.25, -0.2) is 0 Å². The smallest absolute Gasteiger partial charge is 0.213 e. The first kappa shape index (κ1) is 11.0. The van der Waals surface area contributed by atoms with Crippen LogP contribution in [-0.2, 0) is 7.05 Å². The molecule has 0 bridgehead atoms. The van der Waals surface area contributed by atoms with Gasteiger partial charge in [0.2, 0.25) is 5.78 Å². The molecule has 1 saturated carbocycles. The third kappa shape index (κ3) is 2.27. The van der Waals surface area contributed by atoms with Crippen molar-refractivity contribution in [3.8, 4) is 5.75 Å². The Morgan fingerprint density at radius 1 is 1.28 bits per heavy atom. The fourth-order valence-electron chi connectivity index (χ4n) is 1.75. The molecule has 0 N–H and O–H groups in total. The maximum Gasteiger partial charge on any atom is 0.213 e. The highest BCUT2D eigenvalue weighted by Gasteiger charge is 2.23. The minimum atomic E-state index is -0.0615. The van der Waals surface area contributed by atoms with E-state index in [0.29, 0.717) is 17.4 Å². The Labute approximate surface area is 105 Å². The number of aromatic nitrogens is 2. The number of rotatable bonds is 4. The van der Waals surface area contributed by atoms with Gasteiger partial charge >= 0.3 is 0 Å². The van der Waals surface area contributed by atoms with E-state index >= 15 is 0 Å². The van der Waals surface area contributed by atoms with Crippen molar-refractivity contribution >= 4 is 5.78 Å². The Hall–Kier alpha value is -2.10. The third-order valence-electron chi connectivity index (χ3n) is 2.89. The van der Waals surface area contributed by atoms with E-state index in [4.69, 9.17) is 4.74 Å². The van der Waals surface area contributed by atoms with E-state index < -0.39 is 0 Å². The van der Waals surface area contributed by atoms with Crippen LogP contribution in [0, 0.1) is 0 Å². The van der Waals surface area contributed by atoms with E-state index in [1.807, 2.05) is 12.1 Å². The summed E-state index contributed by atoms with van der Waals surface area (Å²) < 4.78 is 7.26. The van der Waals surface area contributed by atoms with E-state index in [1.54, 1.807) is 36.1 Å². The quantitative estimate of drug-likeness (QED) is 0.772. The lowest BCUT2D eigenvalue weighted by Gasteiger charge is -2.04. The first-order chi connectivity index (χ1) is 8.72. The zero-order valence-electron chi connectivity index (χ0n) is 10.2. The molecule has 2 aromatic rings. The van der Waals surface area contributed by atoms with Gasteiger partial charge in [-0.05, 0) is 43.2 Å². The van der Waals surface area contributed by atoms with E-state index in [2.05, 4.69) is 5.10 Å². The predicted octanol–water partition coefficient (Wildman–Crippen LogP) is 2.19. The summed E-state index contributed by atoms with van der Waals surface area (Å²) >= 11 is 0. The fraction of sp³-hybridized carbons (Fsp3) is 0.286. The van der Waals surface area contributed by atoms with Crippen molar-refractivity contribution in [1.82, 2.24) is 9.78 Å². The van der Waals surface area contributed by atoms with Gasteiger partial charge in [0.15, 0.2) is 0 Å². The Bertz CT molecular complexity index is 568. The number of ketones is 1. The van der Waals surface area contributed by atoms with Gasteiger partial charge in [0, 0.05) is 18.8 Å².